The van der Waals surface area contributed by atoms with E-state index in [9.17, 15) is 13.5 Å². The molecule has 0 radical (unpaired) electrons. The first kappa shape index (κ1) is 26.2. The van der Waals surface area contributed by atoms with E-state index in [4.69, 9.17) is 0 Å². The van der Waals surface area contributed by atoms with E-state index in [1.807, 2.05) is 38.1 Å². The molecule has 0 bridgehead atoms. The van der Waals surface area contributed by atoms with E-state index in [0.717, 1.165) is 37.8 Å². The van der Waals surface area contributed by atoms with Crippen LogP contribution >= 0.6 is 24.0 Å². The van der Waals surface area contributed by atoms with Gasteiger partial charge < -0.3 is 20.2 Å². The van der Waals surface area contributed by atoms with E-state index in [1.165, 1.54) is 0 Å². The van der Waals surface area contributed by atoms with Gasteiger partial charge in [-0.05, 0) is 37.6 Å². The minimum Gasteiger partial charge on any atom is -0.506 e. The van der Waals surface area contributed by atoms with E-state index >= 15 is 0 Å². The predicted molar refractivity (Wildman–Crippen MR) is 141 cm³/mol. The number of halogens is 1. The fourth-order valence-corrected chi connectivity index (χ4v) is 5.32. The highest BCUT2D eigenvalue weighted by molar-refractivity contribution is 14.0. The van der Waals surface area contributed by atoms with Gasteiger partial charge in [-0.3, -0.25) is 4.99 Å². The number of hydrogen-bond acceptors (Lipinski definition) is 5. The fourth-order valence-electron chi connectivity index (χ4n) is 3.71. The van der Waals surface area contributed by atoms with E-state index in [1.54, 1.807) is 30.3 Å². The predicted octanol–water partition coefficient (Wildman–Crippen LogP) is 3.35. The van der Waals surface area contributed by atoms with Crippen molar-refractivity contribution in [1.82, 2.24) is 10.2 Å². The third-order valence-corrected chi connectivity index (χ3v) is 7.29. The van der Waals surface area contributed by atoms with Crippen molar-refractivity contribution in [3.8, 4) is 5.75 Å². The molecule has 0 aromatic heterocycles. The van der Waals surface area contributed by atoms with Crippen molar-refractivity contribution in [2.45, 2.75) is 31.2 Å². The highest BCUT2D eigenvalue weighted by Crippen LogP contribution is 2.27. The number of rotatable bonds is 7. The van der Waals surface area contributed by atoms with Gasteiger partial charge in [0.05, 0.1) is 16.3 Å². The Balaban J connectivity index is 0.00000363. The Bertz CT molecular complexity index is 978. The van der Waals surface area contributed by atoms with Gasteiger partial charge >= 0.3 is 0 Å². The number of piperazine rings is 1. The molecule has 1 heterocycles. The molecule has 0 spiro atoms. The van der Waals surface area contributed by atoms with Crippen LogP contribution in [0.1, 0.15) is 20.3 Å². The molecule has 1 fully saturated rings. The molecule has 0 saturated carbocycles. The zero-order valence-corrected chi connectivity index (χ0v) is 21.8. The zero-order valence-electron chi connectivity index (χ0n) is 18.6. The smallest absolute Gasteiger partial charge is 0.194 e. The summed E-state index contributed by atoms with van der Waals surface area (Å²) >= 11 is 0. The van der Waals surface area contributed by atoms with E-state index < -0.39 is 9.84 Å². The van der Waals surface area contributed by atoms with Crippen LogP contribution < -0.4 is 10.2 Å². The second-order valence-electron chi connectivity index (χ2n) is 7.60. The summed E-state index contributed by atoms with van der Waals surface area (Å²) in [5.74, 6) is 1.05. The van der Waals surface area contributed by atoms with Crippen molar-refractivity contribution >= 4 is 45.5 Å². The lowest BCUT2D eigenvalue weighted by Gasteiger charge is -2.38. The summed E-state index contributed by atoms with van der Waals surface area (Å²) < 4.78 is 25.7. The molecule has 9 heteroatoms. The normalized spacial score (nSPS) is 15.8. The van der Waals surface area contributed by atoms with Crippen LogP contribution in [0.4, 0.5) is 5.69 Å². The summed E-state index contributed by atoms with van der Waals surface area (Å²) in [5, 5.41) is 13.5. The molecule has 2 aromatic rings. The summed E-state index contributed by atoms with van der Waals surface area (Å²) in [6.07, 6.45) is 0.673. The summed E-state index contributed by atoms with van der Waals surface area (Å²) in [4.78, 5) is 9.29. The van der Waals surface area contributed by atoms with Crippen LogP contribution in [0.15, 0.2) is 64.5 Å². The molecule has 3 rings (SSSR count). The zero-order chi connectivity index (χ0) is 22.3. The second kappa shape index (κ2) is 12.3. The van der Waals surface area contributed by atoms with Crippen LogP contribution in [0.5, 0.6) is 5.75 Å². The van der Waals surface area contributed by atoms with Crippen LogP contribution in [-0.2, 0) is 9.84 Å². The summed E-state index contributed by atoms with van der Waals surface area (Å²) in [5.41, 5.74) is 0.837. The molecule has 0 aliphatic carbocycles. The number of guanidine groups is 1. The molecule has 0 amide bonds. The van der Waals surface area contributed by atoms with Gasteiger partial charge in [0.2, 0.25) is 0 Å². The average Bonchev–Trinajstić information content (AvgIpc) is 2.79. The largest absolute Gasteiger partial charge is 0.506 e. The SMILES string of the molecule is CCN=C(NC(CC)CS(=O)(=O)c1ccccc1)N1CCN(c2ccccc2O)CC1.I. The van der Waals surface area contributed by atoms with Crippen LogP contribution in [0.3, 0.4) is 0 Å². The number of phenolic OH excluding ortho intramolecular Hbond substituents is 1. The van der Waals surface area contributed by atoms with Gasteiger partial charge in [0, 0.05) is 38.8 Å². The molecule has 7 nitrogen and oxygen atoms in total. The number of anilines is 1. The molecule has 1 saturated heterocycles. The molecule has 1 atom stereocenters. The van der Waals surface area contributed by atoms with Crippen molar-refractivity contribution in [2.24, 2.45) is 4.99 Å². The highest BCUT2D eigenvalue weighted by Gasteiger charge is 2.25. The minimum atomic E-state index is -3.38. The van der Waals surface area contributed by atoms with Gasteiger partial charge in [-0.15, -0.1) is 24.0 Å². The number of hydrogen-bond donors (Lipinski definition) is 2. The van der Waals surface area contributed by atoms with E-state index in [2.05, 4.69) is 20.1 Å². The maximum Gasteiger partial charge on any atom is 0.194 e. The first-order valence-corrected chi connectivity index (χ1v) is 12.5. The Morgan fingerprint density at radius 1 is 1.03 bits per heavy atom. The van der Waals surface area contributed by atoms with Crippen molar-refractivity contribution in [2.75, 3.05) is 43.4 Å². The number of aromatic hydroxyl groups is 1. The Labute approximate surface area is 208 Å². The molecular weight excluding hydrogens is 539 g/mol. The molecule has 1 aliphatic heterocycles. The van der Waals surface area contributed by atoms with Crippen LogP contribution in [0, 0.1) is 0 Å². The van der Waals surface area contributed by atoms with E-state index in [0.29, 0.717) is 17.9 Å². The number of nitrogens with zero attached hydrogens (tertiary/aromatic N) is 3. The standard InChI is InChI=1S/C23H32N4O3S.HI/c1-3-19(18-31(29,30)20-10-6-5-7-11-20)25-23(24-4-2)27-16-14-26(15-17-27)21-12-8-9-13-22(21)28;/h5-13,19,28H,3-4,14-18H2,1-2H3,(H,24,25);1H. The molecule has 1 unspecified atom stereocenters. The van der Waals surface area contributed by atoms with Crippen molar-refractivity contribution in [3.63, 3.8) is 0 Å². The maximum atomic E-state index is 12.8. The Morgan fingerprint density at radius 3 is 2.25 bits per heavy atom. The number of phenols is 1. The Morgan fingerprint density at radius 2 is 1.66 bits per heavy atom. The number of sulfone groups is 1. The third-order valence-electron chi connectivity index (χ3n) is 5.46. The Kier molecular flexibility index (Phi) is 10.1. The first-order chi connectivity index (χ1) is 14.9. The lowest BCUT2D eigenvalue weighted by molar-refractivity contribution is 0.364. The van der Waals surface area contributed by atoms with Gasteiger partial charge in [-0.25, -0.2) is 8.42 Å². The monoisotopic (exact) mass is 572 g/mol. The number of nitrogens with one attached hydrogen (secondary N) is 1. The molecule has 32 heavy (non-hydrogen) atoms. The average molecular weight is 573 g/mol. The lowest BCUT2D eigenvalue weighted by Crippen LogP contribution is -2.55. The molecular formula is C23H33IN4O3S. The minimum absolute atomic E-state index is 0. The van der Waals surface area contributed by atoms with Crippen LogP contribution in [-0.4, -0.2) is 68.9 Å². The van der Waals surface area contributed by atoms with Gasteiger partial charge in [0.1, 0.15) is 5.75 Å². The van der Waals surface area contributed by atoms with Crippen molar-refractivity contribution in [3.05, 3.63) is 54.6 Å². The topological polar surface area (TPSA) is 85.2 Å². The van der Waals surface area contributed by atoms with Crippen molar-refractivity contribution < 1.29 is 13.5 Å². The Hall–Kier alpha value is -2.01. The lowest BCUT2D eigenvalue weighted by atomic mass is 10.2. The first-order valence-electron chi connectivity index (χ1n) is 10.8. The number of aliphatic imine (C=N–C) groups is 1. The van der Waals surface area contributed by atoms with Gasteiger partial charge in [0.25, 0.3) is 0 Å². The van der Waals surface area contributed by atoms with E-state index in [-0.39, 0.29) is 41.5 Å². The molecule has 2 N–H and O–H groups in total. The number of benzene rings is 2. The fraction of sp³-hybridized carbons (Fsp3) is 0.435. The van der Waals surface area contributed by atoms with Gasteiger partial charge in [0.15, 0.2) is 15.8 Å². The van der Waals surface area contributed by atoms with Crippen LogP contribution in [0.25, 0.3) is 0 Å². The molecule has 1 aliphatic rings. The summed E-state index contributed by atoms with van der Waals surface area (Å²) in [6, 6.07) is 15.7. The quantitative estimate of drug-likeness (QED) is 0.301. The highest BCUT2D eigenvalue weighted by atomic mass is 127. The number of para-hydroxylation sites is 2. The molecule has 176 valence electrons. The van der Waals surface area contributed by atoms with Crippen LogP contribution in [0.2, 0.25) is 0 Å². The van der Waals surface area contributed by atoms with Gasteiger partial charge in [-0.2, -0.15) is 0 Å². The maximum absolute atomic E-state index is 12.8. The molecule has 2 aromatic carbocycles. The third kappa shape index (κ3) is 6.74. The summed E-state index contributed by atoms with van der Waals surface area (Å²) in [6.45, 7) is 7.55. The van der Waals surface area contributed by atoms with Crippen molar-refractivity contribution in [1.29, 1.82) is 0 Å². The second-order valence-corrected chi connectivity index (χ2v) is 9.64. The summed E-state index contributed by atoms with van der Waals surface area (Å²) in [7, 11) is -3.38. The van der Waals surface area contributed by atoms with Gasteiger partial charge in [-0.1, -0.05) is 37.3 Å².